The minimum absolute atomic E-state index is 0.0190. The van der Waals surface area contributed by atoms with Crippen molar-refractivity contribution in [1.29, 1.82) is 0 Å². The van der Waals surface area contributed by atoms with Crippen LogP contribution in [-0.2, 0) is 19.2 Å². The van der Waals surface area contributed by atoms with Crippen LogP contribution in [0.15, 0.2) is 84.9 Å². The van der Waals surface area contributed by atoms with Crippen molar-refractivity contribution in [2.24, 2.45) is 11.8 Å². The predicted molar refractivity (Wildman–Crippen MR) is 243 cm³/mol. The zero-order chi connectivity index (χ0) is 46.1. The maximum absolute atomic E-state index is 15.1. The van der Waals surface area contributed by atoms with Crippen LogP contribution in [0.4, 0.5) is 13.2 Å². The lowest BCUT2D eigenvalue weighted by Crippen LogP contribution is -2.62. The van der Waals surface area contributed by atoms with Crippen LogP contribution < -0.4 is 16.0 Å². The number of hydrogen-bond donors (Lipinski definition) is 3. The molecule has 2 aliphatic heterocycles. The summed E-state index contributed by atoms with van der Waals surface area (Å²) in [5, 5.41) is 9.15. The summed E-state index contributed by atoms with van der Waals surface area (Å²) in [5.74, 6) is -3.08. The molecule has 3 aromatic carbocycles. The predicted octanol–water partition coefficient (Wildman–Crippen LogP) is 7.50. The van der Waals surface area contributed by atoms with E-state index >= 15 is 13.2 Å². The number of hydrogen-bond acceptors (Lipinski definition) is 6. The molecule has 3 N–H and O–H groups in total. The number of alkyl halides is 3. The topological polar surface area (TPSA) is 131 Å². The van der Waals surface area contributed by atoms with E-state index in [1.165, 1.54) is 39.0 Å². The summed E-state index contributed by atoms with van der Waals surface area (Å²) >= 11 is 0. The zero-order valence-electron chi connectivity index (χ0n) is 37.7. The Bertz CT molecular complexity index is 2010. The number of carbonyl (C=O) groups is 5. The van der Waals surface area contributed by atoms with Crippen molar-refractivity contribution in [2.45, 2.75) is 127 Å². The van der Waals surface area contributed by atoms with Gasteiger partial charge in [-0.25, -0.2) is 0 Å². The van der Waals surface area contributed by atoms with E-state index in [0.717, 1.165) is 68.9 Å². The second-order valence-electron chi connectivity index (χ2n) is 18.5. The van der Waals surface area contributed by atoms with Gasteiger partial charge in [-0.05, 0) is 54.5 Å². The highest BCUT2D eigenvalue weighted by molar-refractivity contribution is 5.97. The Morgan fingerprint density at radius 1 is 0.646 bits per heavy atom. The number of piperazine rings is 1. The van der Waals surface area contributed by atoms with Crippen molar-refractivity contribution in [3.8, 4) is 0 Å². The molecule has 0 aromatic heterocycles. The molecular weight excluding hydrogens is 834 g/mol. The Morgan fingerprint density at radius 2 is 1.18 bits per heavy atom. The Kier molecular flexibility index (Phi) is 16.0. The lowest BCUT2D eigenvalue weighted by atomic mass is 9.94. The Hall–Kier alpha value is -5.24. The second kappa shape index (κ2) is 21.8. The van der Waals surface area contributed by atoms with Crippen LogP contribution in [0, 0.1) is 11.8 Å². The number of amides is 5. The van der Waals surface area contributed by atoms with Gasteiger partial charge in [-0.2, -0.15) is 13.2 Å². The second-order valence-corrected chi connectivity index (χ2v) is 18.5. The molecular formula is C51H65F3N6O5. The molecule has 350 valence electrons. The molecule has 4 fully saturated rings. The van der Waals surface area contributed by atoms with E-state index in [2.05, 4.69) is 29.8 Å². The number of likely N-dealkylation sites (tertiary alicyclic amines) is 1. The first-order chi connectivity index (χ1) is 31.4. The highest BCUT2D eigenvalue weighted by Gasteiger charge is 2.50. The highest BCUT2D eigenvalue weighted by atomic mass is 19.4. The van der Waals surface area contributed by atoms with Gasteiger partial charge in [0.15, 0.2) is 0 Å². The van der Waals surface area contributed by atoms with Crippen LogP contribution in [0.3, 0.4) is 0 Å². The van der Waals surface area contributed by atoms with Crippen LogP contribution >= 0.6 is 0 Å². The lowest BCUT2D eigenvalue weighted by Gasteiger charge is -2.44. The third-order valence-corrected chi connectivity index (χ3v) is 13.7. The number of benzene rings is 3. The molecule has 2 aliphatic carbocycles. The van der Waals surface area contributed by atoms with Gasteiger partial charge in [-0.1, -0.05) is 125 Å². The Labute approximate surface area is 381 Å². The van der Waals surface area contributed by atoms with Gasteiger partial charge in [-0.3, -0.25) is 28.9 Å². The normalized spacial score (nSPS) is 24.5. The summed E-state index contributed by atoms with van der Waals surface area (Å²) < 4.78 is 45.4. The molecule has 11 nitrogen and oxygen atoms in total. The molecule has 0 spiro atoms. The van der Waals surface area contributed by atoms with Crippen LogP contribution in [0.2, 0.25) is 0 Å². The summed E-state index contributed by atoms with van der Waals surface area (Å²) in [7, 11) is 0. The van der Waals surface area contributed by atoms with Gasteiger partial charge in [0.1, 0.15) is 12.1 Å². The van der Waals surface area contributed by atoms with Crippen molar-refractivity contribution >= 4 is 29.5 Å². The molecule has 3 aromatic rings. The summed E-state index contributed by atoms with van der Waals surface area (Å²) in [4.78, 5) is 73.2. The Morgan fingerprint density at radius 3 is 1.71 bits per heavy atom. The molecule has 0 bridgehead atoms. The fraction of sp³-hybridized carbons (Fsp3) is 0.549. The average Bonchev–Trinajstić information content (AvgIpc) is 4.22. The van der Waals surface area contributed by atoms with Crippen LogP contribution in [0.5, 0.6) is 0 Å². The van der Waals surface area contributed by atoms with Crippen molar-refractivity contribution in [2.75, 3.05) is 39.3 Å². The summed E-state index contributed by atoms with van der Waals surface area (Å²) in [6, 6.07) is 21.7. The third-order valence-electron chi connectivity index (χ3n) is 13.7. The minimum atomic E-state index is -4.74. The largest absolute Gasteiger partial charge is 0.408 e. The molecule has 2 heterocycles. The third kappa shape index (κ3) is 12.2. The average molecular weight is 899 g/mol. The first kappa shape index (κ1) is 47.7. The number of unbranched alkanes of at least 4 members (excludes halogenated alkanes) is 6. The van der Waals surface area contributed by atoms with Crippen molar-refractivity contribution in [1.82, 2.24) is 30.7 Å². The minimum Gasteiger partial charge on any atom is -0.354 e. The fourth-order valence-electron chi connectivity index (χ4n) is 9.81. The molecule has 1 unspecified atom stereocenters. The SMILES string of the molecule is CCCCCCNC(=O)[C@H]1CN(C(c2ccc(C(=O)N3C[C@@H](C(=O)N[C@H]4C[C@@H]4c4ccccc4)[C@H](C(=O)N[C@H]4C[C@@H]4c4ccccc4)C3)cc2)C(F)(F)F)CCN1C(=O)CCCCCC. The van der Waals surface area contributed by atoms with E-state index in [-0.39, 0.29) is 91.9 Å². The number of nitrogens with zero attached hydrogens (tertiary/aromatic N) is 3. The molecule has 8 atom stereocenters. The molecule has 0 radical (unpaired) electrons. The van der Waals surface area contributed by atoms with Crippen LogP contribution in [0.25, 0.3) is 0 Å². The smallest absolute Gasteiger partial charge is 0.354 e. The highest BCUT2D eigenvalue weighted by Crippen LogP contribution is 2.43. The molecule has 4 aliphatic rings. The first-order valence-corrected chi connectivity index (χ1v) is 23.9. The van der Waals surface area contributed by atoms with Gasteiger partial charge < -0.3 is 25.8 Å². The van der Waals surface area contributed by atoms with Crippen molar-refractivity contribution in [3.63, 3.8) is 0 Å². The number of nitrogens with one attached hydrogen (secondary N) is 3. The van der Waals surface area contributed by atoms with E-state index in [4.69, 9.17) is 0 Å². The van der Waals surface area contributed by atoms with Gasteiger partial charge in [0, 0.05) is 75.2 Å². The molecule has 65 heavy (non-hydrogen) atoms. The van der Waals surface area contributed by atoms with Crippen LogP contribution in [0.1, 0.15) is 129 Å². The number of halogens is 3. The van der Waals surface area contributed by atoms with E-state index in [0.29, 0.717) is 13.0 Å². The summed E-state index contributed by atoms with van der Waals surface area (Å²) in [6.07, 6.45) is 4.19. The molecule has 2 saturated heterocycles. The zero-order valence-corrected chi connectivity index (χ0v) is 37.7. The van der Waals surface area contributed by atoms with Crippen molar-refractivity contribution < 1.29 is 37.1 Å². The van der Waals surface area contributed by atoms with Gasteiger partial charge in [-0.15, -0.1) is 0 Å². The van der Waals surface area contributed by atoms with E-state index in [9.17, 15) is 24.0 Å². The Balaban J connectivity index is 1.04. The van der Waals surface area contributed by atoms with E-state index in [1.54, 1.807) is 0 Å². The molecule has 7 rings (SSSR count). The maximum atomic E-state index is 15.1. The van der Waals surface area contributed by atoms with Crippen LogP contribution in [-0.4, -0.2) is 108 Å². The van der Waals surface area contributed by atoms with E-state index in [1.807, 2.05) is 60.7 Å². The van der Waals surface area contributed by atoms with E-state index < -0.39 is 41.9 Å². The van der Waals surface area contributed by atoms with Gasteiger partial charge in [0.2, 0.25) is 23.6 Å². The lowest BCUT2D eigenvalue weighted by molar-refractivity contribution is -0.194. The first-order valence-electron chi connectivity index (χ1n) is 23.9. The quantitative estimate of drug-likeness (QED) is 0.101. The molecule has 14 heteroatoms. The summed E-state index contributed by atoms with van der Waals surface area (Å²) in [6.45, 7) is 4.08. The monoisotopic (exact) mass is 898 g/mol. The number of carbonyl (C=O) groups excluding carboxylic acids is 5. The molecule has 2 saturated carbocycles. The van der Waals surface area contributed by atoms with Gasteiger partial charge >= 0.3 is 6.18 Å². The summed E-state index contributed by atoms with van der Waals surface area (Å²) in [5.41, 5.74) is 2.27. The van der Waals surface area contributed by atoms with Crippen molar-refractivity contribution in [3.05, 3.63) is 107 Å². The number of rotatable bonds is 20. The fourth-order valence-corrected chi connectivity index (χ4v) is 9.81. The van der Waals surface area contributed by atoms with Gasteiger partial charge in [0.25, 0.3) is 5.91 Å². The van der Waals surface area contributed by atoms with Gasteiger partial charge in [0.05, 0.1) is 11.8 Å². The maximum Gasteiger partial charge on any atom is 0.408 e. The standard InChI is InChI=1S/C51H65F3N6O5/c1-3-5-7-15-21-45(61)60-28-27-58(33-44(60)49(64)55-26-16-8-6-4-2)46(51(52,53)54)36-22-24-37(25-23-36)50(65)59-31-40(47(62)56-42-29-38(42)34-17-11-9-12-18-34)41(32-59)48(63)57-43-30-39(43)35-19-13-10-14-20-35/h9-14,17-20,22-25,38-44,46H,3-8,15-16,21,26-33H2,1-2H3,(H,55,64)(H,56,62)(H,57,63)/t38-,39-,40-,41-,42+,43+,44-,46?/m1/s1. The molecule has 5 amide bonds.